The molecule has 1 atom stereocenters. The lowest BCUT2D eigenvalue weighted by atomic mass is 9.95. The average Bonchev–Trinajstić information content (AvgIpc) is 3.24. The van der Waals surface area contributed by atoms with E-state index in [9.17, 15) is 4.79 Å². The number of amides is 1. The van der Waals surface area contributed by atoms with Gasteiger partial charge in [-0.05, 0) is 56.1 Å². The molecule has 1 unspecified atom stereocenters. The van der Waals surface area contributed by atoms with Gasteiger partial charge in [0.25, 0.3) is 0 Å². The van der Waals surface area contributed by atoms with Gasteiger partial charge in [0.2, 0.25) is 5.91 Å². The molecule has 1 aliphatic carbocycles. The summed E-state index contributed by atoms with van der Waals surface area (Å²) in [6.07, 6.45) is 7.66. The van der Waals surface area contributed by atoms with Gasteiger partial charge < -0.3 is 10.6 Å². The lowest BCUT2D eigenvalue weighted by Crippen LogP contribution is -2.39. The monoisotopic (exact) mass is 300 g/mol. The molecule has 3 heteroatoms. The summed E-state index contributed by atoms with van der Waals surface area (Å²) >= 11 is 0. The van der Waals surface area contributed by atoms with Crippen LogP contribution in [0.25, 0.3) is 0 Å². The van der Waals surface area contributed by atoms with Gasteiger partial charge in [0.1, 0.15) is 0 Å². The lowest BCUT2D eigenvalue weighted by molar-refractivity contribution is -0.135. The summed E-state index contributed by atoms with van der Waals surface area (Å²) in [6, 6.07) is 8.65. The molecule has 1 saturated heterocycles. The van der Waals surface area contributed by atoms with Gasteiger partial charge in [-0.3, -0.25) is 4.79 Å². The first-order valence-corrected chi connectivity index (χ1v) is 8.71. The van der Waals surface area contributed by atoms with Gasteiger partial charge in [0.05, 0.1) is 0 Å². The van der Waals surface area contributed by atoms with Crippen LogP contribution >= 0.6 is 0 Å². The minimum Gasteiger partial charge on any atom is -0.342 e. The maximum atomic E-state index is 12.5. The molecule has 1 aromatic rings. The number of hydrogen-bond donors (Lipinski definition) is 1. The fourth-order valence-corrected chi connectivity index (χ4v) is 3.48. The minimum atomic E-state index is 0.0495. The van der Waals surface area contributed by atoms with E-state index in [-0.39, 0.29) is 11.5 Å². The highest BCUT2D eigenvalue weighted by Gasteiger charge is 2.37. The summed E-state index contributed by atoms with van der Waals surface area (Å²) in [5.74, 6) is 0.392. The maximum absolute atomic E-state index is 12.5. The van der Waals surface area contributed by atoms with E-state index in [1.165, 1.54) is 17.5 Å². The van der Waals surface area contributed by atoms with E-state index in [1.807, 2.05) is 0 Å². The van der Waals surface area contributed by atoms with Crippen molar-refractivity contribution in [3.05, 3.63) is 35.4 Å². The van der Waals surface area contributed by atoms with Crippen molar-refractivity contribution in [3.8, 4) is 0 Å². The Hall–Kier alpha value is -1.35. The van der Waals surface area contributed by atoms with Crippen LogP contribution in [0, 0.1) is 5.92 Å². The third kappa shape index (κ3) is 3.89. The standard InChI is InChI=1S/C19H28N2O/c1-15(18(22)21-10-3-2-4-11-21)12-16-6-5-7-17(13-16)14-19(20)8-9-19/h5-7,13,15H,2-4,8-12,14,20H2,1H3. The van der Waals surface area contributed by atoms with Crippen LogP contribution in [0.4, 0.5) is 0 Å². The predicted molar refractivity (Wildman–Crippen MR) is 89.6 cm³/mol. The van der Waals surface area contributed by atoms with Crippen molar-refractivity contribution in [2.75, 3.05) is 13.1 Å². The van der Waals surface area contributed by atoms with Gasteiger partial charge in [0, 0.05) is 24.5 Å². The van der Waals surface area contributed by atoms with Crippen LogP contribution in [0.2, 0.25) is 0 Å². The van der Waals surface area contributed by atoms with Crippen LogP contribution in [0.5, 0.6) is 0 Å². The fourth-order valence-electron chi connectivity index (χ4n) is 3.48. The van der Waals surface area contributed by atoms with Gasteiger partial charge in [-0.1, -0.05) is 31.2 Å². The van der Waals surface area contributed by atoms with Crippen molar-refractivity contribution in [1.82, 2.24) is 4.90 Å². The molecule has 1 heterocycles. The van der Waals surface area contributed by atoms with Crippen LogP contribution in [0.1, 0.15) is 50.2 Å². The number of likely N-dealkylation sites (tertiary alicyclic amines) is 1. The molecule has 120 valence electrons. The molecule has 2 aliphatic rings. The lowest BCUT2D eigenvalue weighted by Gasteiger charge is -2.29. The van der Waals surface area contributed by atoms with Crippen LogP contribution in [-0.4, -0.2) is 29.4 Å². The zero-order valence-corrected chi connectivity index (χ0v) is 13.7. The summed E-state index contributed by atoms with van der Waals surface area (Å²) < 4.78 is 0. The third-order valence-corrected chi connectivity index (χ3v) is 5.07. The summed E-state index contributed by atoms with van der Waals surface area (Å²) in [4.78, 5) is 14.6. The van der Waals surface area contributed by atoms with E-state index >= 15 is 0 Å². The van der Waals surface area contributed by atoms with Crippen molar-refractivity contribution in [3.63, 3.8) is 0 Å². The zero-order valence-electron chi connectivity index (χ0n) is 13.7. The first-order valence-electron chi connectivity index (χ1n) is 8.71. The highest BCUT2D eigenvalue weighted by Crippen LogP contribution is 2.35. The number of hydrogen-bond acceptors (Lipinski definition) is 2. The molecule has 2 fully saturated rings. The molecule has 0 aromatic heterocycles. The third-order valence-electron chi connectivity index (χ3n) is 5.07. The molecule has 0 spiro atoms. The number of carbonyl (C=O) groups excluding carboxylic acids is 1. The van der Waals surface area contributed by atoms with E-state index < -0.39 is 0 Å². The van der Waals surface area contributed by atoms with Gasteiger partial charge in [-0.25, -0.2) is 0 Å². The predicted octanol–water partition coefficient (Wildman–Crippen LogP) is 2.91. The molecule has 2 N–H and O–H groups in total. The van der Waals surface area contributed by atoms with Crippen molar-refractivity contribution < 1.29 is 4.79 Å². The minimum absolute atomic E-state index is 0.0495. The Kier molecular flexibility index (Phi) is 4.53. The molecule has 1 aromatic carbocycles. The van der Waals surface area contributed by atoms with Crippen molar-refractivity contribution in [2.45, 2.75) is 57.4 Å². The topological polar surface area (TPSA) is 46.3 Å². The van der Waals surface area contributed by atoms with Gasteiger partial charge in [0.15, 0.2) is 0 Å². The second-order valence-electron chi connectivity index (χ2n) is 7.35. The number of rotatable bonds is 5. The molecule has 3 nitrogen and oxygen atoms in total. The number of nitrogens with zero attached hydrogens (tertiary/aromatic N) is 1. The normalized spacial score (nSPS) is 21.5. The quantitative estimate of drug-likeness (QED) is 0.909. The van der Waals surface area contributed by atoms with Crippen LogP contribution < -0.4 is 5.73 Å². The highest BCUT2D eigenvalue weighted by atomic mass is 16.2. The van der Waals surface area contributed by atoms with Crippen LogP contribution in [-0.2, 0) is 17.6 Å². The van der Waals surface area contributed by atoms with E-state index in [1.54, 1.807) is 0 Å². The summed E-state index contributed by atoms with van der Waals surface area (Å²) in [5, 5.41) is 0. The Morgan fingerprint density at radius 2 is 1.91 bits per heavy atom. The van der Waals surface area contributed by atoms with Gasteiger partial charge in [-0.15, -0.1) is 0 Å². The molecule has 0 radical (unpaired) electrons. The highest BCUT2D eigenvalue weighted by molar-refractivity contribution is 5.78. The molecule has 0 bridgehead atoms. The Morgan fingerprint density at radius 3 is 2.59 bits per heavy atom. The van der Waals surface area contributed by atoms with E-state index in [2.05, 4.69) is 36.1 Å². The Balaban J connectivity index is 1.59. The molecular weight excluding hydrogens is 272 g/mol. The Labute approximate surface area is 133 Å². The molecule has 22 heavy (non-hydrogen) atoms. The van der Waals surface area contributed by atoms with Crippen LogP contribution in [0.3, 0.4) is 0 Å². The number of piperidine rings is 1. The largest absolute Gasteiger partial charge is 0.342 e. The van der Waals surface area contributed by atoms with E-state index in [0.29, 0.717) is 5.91 Å². The maximum Gasteiger partial charge on any atom is 0.225 e. The number of nitrogens with two attached hydrogens (primary N) is 1. The van der Waals surface area contributed by atoms with Crippen molar-refractivity contribution in [1.29, 1.82) is 0 Å². The van der Waals surface area contributed by atoms with Crippen molar-refractivity contribution >= 4 is 5.91 Å². The van der Waals surface area contributed by atoms with Crippen LogP contribution in [0.15, 0.2) is 24.3 Å². The molecule has 3 rings (SSSR count). The van der Waals surface area contributed by atoms with E-state index in [0.717, 1.165) is 51.6 Å². The molecule has 1 aliphatic heterocycles. The van der Waals surface area contributed by atoms with Crippen molar-refractivity contribution in [2.24, 2.45) is 11.7 Å². The first-order chi connectivity index (χ1) is 10.6. The van der Waals surface area contributed by atoms with Gasteiger partial charge >= 0.3 is 0 Å². The first kappa shape index (κ1) is 15.5. The number of benzene rings is 1. The second kappa shape index (κ2) is 6.41. The molecule has 1 amide bonds. The molecular formula is C19H28N2O. The average molecular weight is 300 g/mol. The second-order valence-corrected chi connectivity index (χ2v) is 7.35. The summed E-state index contributed by atoms with van der Waals surface area (Å²) in [6.45, 7) is 3.95. The Morgan fingerprint density at radius 1 is 1.23 bits per heavy atom. The fraction of sp³-hybridized carbons (Fsp3) is 0.632. The Bertz CT molecular complexity index is 530. The zero-order chi connectivity index (χ0) is 15.6. The summed E-state index contributed by atoms with van der Waals surface area (Å²) in [7, 11) is 0. The van der Waals surface area contributed by atoms with E-state index in [4.69, 9.17) is 5.73 Å². The smallest absolute Gasteiger partial charge is 0.225 e. The van der Waals surface area contributed by atoms with Gasteiger partial charge in [-0.2, -0.15) is 0 Å². The molecule has 1 saturated carbocycles. The SMILES string of the molecule is CC(Cc1cccc(CC2(N)CC2)c1)C(=O)N1CCCCC1. The summed E-state index contributed by atoms with van der Waals surface area (Å²) in [5.41, 5.74) is 8.84. The number of carbonyl (C=O) groups is 1.